The lowest BCUT2D eigenvalue weighted by Crippen LogP contribution is -2.30. The molecule has 2 rings (SSSR count). The summed E-state index contributed by atoms with van der Waals surface area (Å²) in [6.45, 7) is 2.81. The summed E-state index contributed by atoms with van der Waals surface area (Å²) < 4.78 is 0.893. The highest BCUT2D eigenvalue weighted by molar-refractivity contribution is 9.10. The molecule has 0 aromatic heterocycles. The Bertz CT molecular complexity index is 499. The molecule has 4 heteroatoms. The third kappa shape index (κ3) is 3.06. The van der Waals surface area contributed by atoms with Crippen molar-refractivity contribution in [2.24, 2.45) is 0 Å². The van der Waals surface area contributed by atoms with Crippen LogP contribution in [0.5, 0.6) is 0 Å². The molecule has 0 saturated carbocycles. The number of hydrogen-bond donors (Lipinski definition) is 0. The number of amides is 1. The second kappa shape index (κ2) is 6.33. The molecule has 0 atom stereocenters. The maximum absolute atomic E-state index is 12.0. The molecule has 0 bridgehead atoms. The summed E-state index contributed by atoms with van der Waals surface area (Å²) in [5.74, 6) is -0.764. The molecule has 1 amide bonds. The molecule has 1 aliphatic heterocycles. The molecule has 1 heterocycles. The summed E-state index contributed by atoms with van der Waals surface area (Å²) in [4.78, 5) is 25.4. The van der Waals surface area contributed by atoms with Gasteiger partial charge in [0.05, 0.1) is 11.3 Å². The molecular formula is C15H18BrNO2. The van der Waals surface area contributed by atoms with Crippen LogP contribution < -0.4 is 4.90 Å². The number of unbranched alkanes of at least 4 members (excludes halogenated alkanes) is 4. The van der Waals surface area contributed by atoms with E-state index in [0.717, 1.165) is 23.0 Å². The van der Waals surface area contributed by atoms with E-state index >= 15 is 0 Å². The van der Waals surface area contributed by atoms with Crippen LogP contribution in [0.1, 0.15) is 49.4 Å². The van der Waals surface area contributed by atoms with Gasteiger partial charge in [0.1, 0.15) is 0 Å². The van der Waals surface area contributed by atoms with Crippen molar-refractivity contribution < 1.29 is 9.59 Å². The highest BCUT2D eigenvalue weighted by Crippen LogP contribution is 2.31. The number of carbonyl (C=O) groups is 2. The molecule has 0 spiro atoms. The van der Waals surface area contributed by atoms with E-state index in [-0.39, 0.29) is 11.7 Å². The van der Waals surface area contributed by atoms with Crippen LogP contribution >= 0.6 is 15.9 Å². The second-order valence-electron chi connectivity index (χ2n) is 4.86. The van der Waals surface area contributed by atoms with E-state index < -0.39 is 0 Å². The van der Waals surface area contributed by atoms with Gasteiger partial charge in [-0.25, -0.2) is 0 Å². The minimum absolute atomic E-state index is 0.379. The fourth-order valence-corrected chi connectivity index (χ4v) is 2.71. The van der Waals surface area contributed by atoms with E-state index in [9.17, 15) is 9.59 Å². The van der Waals surface area contributed by atoms with Crippen molar-refractivity contribution in [1.29, 1.82) is 0 Å². The summed E-state index contributed by atoms with van der Waals surface area (Å²) in [6, 6.07) is 5.37. The van der Waals surface area contributed by atoms with E-state index in [0.29, 0.717) is 12.1 Å². The first-order valence-electron chi connectivity index (χ1n) is 6.81. The molecule has 1 aliphatic rings. The topological polar surface area (TPSA) is 37.4 Å². The normalized spacial score (nSPS) is 14.1. The van der Waals surface area contributed by atoms with Gasteiger partial charge in [0.15, 0.2) is 0 Å². The number of benzene rings is 1. The first-order valence-corrected chi connectivity index (χ1v) is 7.60. The number of ketones is 1. The highest BCUT2D eigenvalue weighted by Gasteiger charge is 2.35. The lowest BCUT2D eigenvalue weighted by molar-refractivity contribution is -0.114. The first-order chi connectivity index (χ1) is 9.15. The van der Waals surface area contributed by atoms with E-state index in [1.807, 2.05) is 6.07 Å². The average molecular weight is 324 g/mol. The van der Waals surface area contributed by atoms with Crippen molar-refractivity contribution in [1.82, 2.24) is 0 Å². The Morgan fingerprint density at radius 1 is 1.11 bits per heavy atom. The van der Waals surface area contributed by atoms with Crippen molar-refractivity contribution in [2.75, 3.05) is 11.4 Å². The fourth-order valence-electron chi connectivity index (χ4n) is 2.36. The van der Waals surface area contributed by atoms with Gasteiger partial charge in [0.2, 0.25) is 0 Å². The maximum atomic E-state index is 12.0. The van der Waals surface area contributed by atoms with Crippen LogP contribution in [0.4, 0.5) is 5.69 Å². The Morgan fingerprint density at radius 3 is 2.58 bits per heavy atom. The summed E-state index contributed by atoms with van der Waals surface area (Å²) in [5.41, 5.74) is 1.28. The average Bonchev–Trinajstić information content (AvgIpc) is 2.63. The first kappa shape index (κ1) is 14.3. The number of halogens is 1. The molecular weight excluding hydrogens is 306 g/mol. The minimum Gasteiger partial charge on any atom is -0.305 e. The number of Topliss-reactive ketones (excluding diaryl/α,β-unsaturated/α-hetero) is 1. The summed E-state index contributed by atoms with van der Waals surface area (Å²) >= 11 is 3.39. The summed E-state index contributed by atoms with van der Waals surface area (Å²) in [6.07, 6.45) is 5.68. The van der Waals surface area contributed by atoms with Crippen molar-refractivity contribution in [3.05, 3.63) is 28.2 Å². The smallest absolute Gasteiger partial charge is 0.299 e. The van der Waals surface area contributed by atoms with Gasteiger partial charge in [0.25, 0.3) is 11.7 Å². The van der Waals surface area contributed by atoms with Crippen LogP contribution in [0.2, 0.25) is 0 Å². The van der Waals surface area contributed by atoms with E-state index in [1.54, 1.807) is 17.0 Å². The molecule has 0 unspecified atom stereocenters. The summed E-state index contributed by atoms with van der Waals surface area (Å²) in [5, 5.41) is 0. The van der Waals surface area contributed by atoms with E-state index in [2.05, 4.69) is 22.9 Å². The monoisotopic (exact) mass is 323 g/mol. The van der Waals surface area contributed by atoms with Gasteiger partial charge in [-0.15, -0.1) is 0 Å². The quantitative estimate of drug-likeness (QED) is 0.587. The molecule has 1 aromatic carbocycles. The van der Waals surface area contributed by atoms with Gasteiger partial charge in [-0.3, -0.25) is 9.59 Å². The number of carbonyl (C=O) groups excluding carboxylic acids is 2. The lowest BCUT2D eigenvalue weighted by Gasteiger charge is -2.16. The van der Waals surface area contributed by atoms with Gasteiger partial charge >= 0.3 is 0 Å². The maximum Gasteiger partial charge on any atom is 0.299 e. The van der Waals surface area contributed by atoms with Crippen LogP contribution in [0.3, 0.4) is 0 Å². The highest BCUT2D eigenvalue weighted by atomic mass is 79.9. The Morgan fingerprint density at radius 2 is 1.84 bits per heavy atom. The zero-order chi connectivity index (χ0) is 13.8. The minimum atomic E-state index is -0.386. The predicted molar refractivity (Wildman–Crippen MR) is 79.6 cm³/mol. The lowest BCUT2D eigenvalue weighted by atomic mass is 10.1. The zero-order valence-electron chi connectivity index (χ0n) is 11.1. The molecule has 0 aliphatic carbocycles. The van der Waals surface area contributed by atoms with Gasteiger partial charge in [0, 0.05) is 11.0 Å². The fraction of sp³-hybridized carbons (Fsp3) is 0.467. The molecule has 0 radical (unpaired) electrons. The Kier molecular flexibility index (Phi) is 4.75. The van der Waals surface area contributed by atoms with Gasteiger partial charge in [-0.05, 0) is 24.6 Å². The van der Waals surface area contributed by atoms with Gasteiger partial charge < -0.3 is 4.90 Å². The zero-order valence-corrected chi connectivity index (χ0v) is 12.7. The Hall–Kier alpha value is -1.16. The van der Waals surface area contributed by atoms with Crippen LogP contribution in [0.15, 0.2) is 22.7 Å². The Labute approximate surface area is 122 Å². The van der Waals surface area contributed by atoms with Crippen LogP contribution in [0.25, 0.3) is 0 Å². The number of hydrogen-bond acceptors (Lipinski definition) is 2. The van der Waals surface area contributed by atoms with Crippen molar-refractivity contribution in [3.63, 3.8) is 0 Å². The third-order valence-corrected chi connectivity index (χ3v) is 3.91. The van der Waals surface area contributed by atoms with E-state index in [1.165, 1.54) is 19.3 Å². The standard InChI is InChI=1S/C15H18BrNO2/c1-2-3-4-5-6-9-17-13-10-11(16)7-8-12(13)14(18)15(17)19/h7-8,10H,2-6,9H2,1H3. The van der Waals surface area contributed by atoms with Crippen molar-refractivity contribution >= 4 is 33.3 Å². The third-order valence-electron chi connectivity index (χ3n) is 3.42. The SMILES string of the molecule is CCCCCCCN1C(=O)C(=O)c2ccc(Br)cc21. The molecule has 102 valence electrons. The number of rotatable bonds is 6. The molecule has 0 saturated heterocycles. The number of fused-ring (bicyclic) bond motifs is 1. The second-order valence-corrected chi connectivity index (χ2v) is 5.78. The van der Waals surface area contributed by atoms with Crippen molar-refractivity contribution in [3.8, 4) is 0 Å². The number of anilines is 1. The molecule has 0 fully saturated rings. The van der Waals surface area contributed by atoms with E-state index in [4.69, 9.17) is 0 Å². The largest absolute Gasteiger partial charge is 0.305 e. The van der Waals surface area contributed by atoms with Gasteiger partial charge in [-0.2, -0.15) is 0 Å². The van der Waals surface area contributed by atoms with Crippen LogP contribution in [-0.2, 0) is 4.79 Å². The summed E-state index contributed by atoms with van der Waals surface area (Å²) in [7, 11) is 0. The molecule has 0 N–H and O–H groups in total. The Balaban J connectivity index is 2.04. The van der Waals surface area contributed by atoms with Crippen molar-refractivity contribution in [2.45, 2.75) is 39.0 Å². The molecule has 3 nitrogen and oxygen atoms in total. The molecule has 1 aromatic rings. The molecule has 19 heavy (non-hydrogen) atoms. The number of nitrogens with zero attached hydrogens (tertiary/aromatic N) is 1. The van der Waals surface area contributed by atoms with Crippen LogP contribution in [-0.4, -0.2) is 18.2 Å². The van der Waals surface area contributed by atoms with Gasteiger partial charge in [-0.1, -0.05) is 48.5 Å². The predicted octanol–water partition coefficient (Wildman–Crippen LogP) is 3.95. The van der Waals surface area contributed by atoms with Crippen LogP contribution in [0, 0.1) is 0 Å².